The summed E-state index contributed by atoms with van der Waals surface area (Å²) >= 11 is 0. The minimum Gasteiger partial charge on any atom is -0.379 e. The van der Waals surface area contributed by atoms with E-state index >= 15 is 0 Å². The summed E-state index contributed by atoms with van der Waals surface area (Å²) in [5.74, 6) is 1.06. The third kappa shape index (κ3) is 4.10. The van der Waals surface area contributed by atoms with Crippen molar-refractivity contribution in [1.29, 1.82) is 0 Å². The largest absolute Gasteiger partial charge is 0.379 e. The number of amides is 1. The molecule has 1 saturated heterocycles. The quantitative estimate of drug-likeness (QED) is 0.710. The molecule has 1 rings (SSSR count). The van der Waals surface area contributed by atoms with Crippen LogP contribution in [0.3, 0.4) is 0 Å². The molecular weight excluding hydrogens is 204 g/mol. The summed E-state index contributed by atoms with van der Waals surface area (Å²) in [6, 6.07) is 0.114. The molecule has 0 aromatic carbocycles. The van der Waals surface area contributed by atoms with Crippen LogP contribution < -0.4 is 5.73 Å². The van der Waals surface area contributed by atoms with E-state index in [-0.39, 0.29) is 11.9 Å². The van der Waals surface area contributed by atoms with Gasteiger partial charge in [0.25, 0.3) is 0 Å². The predicted molar refractivity (Wildman–Crippen MR) is 64.0 cm³/mol. The lowest BCUT2D eigenvalue weighted by Gasteiger charge is -2.34. The zero-order chi connectivity index (χ0) is 12.1. The van der Waals surface area contributed by atoms with Crippen LogP contribution in [0.1, 0.15) is 27.2 Å². The van der Waals surface area contributed by atoms with E-state index in [1.54, 1.807) is 0 Å². The third-order valence-corrected chi connectivity index (χ3v) is 2.97. The van der Waals surface area contributed by atoms with Crippen molar-refractivity contribution in [2.45, 2.75) is 33.2 Å². The predicted octanol–water partition coefficient (Wildman–Crippen LogP) is 0.855. The van der Waals surface area contributed by atoms with Crippen LogP contribution in [0.5, 0.6) is 0 Å². The smallest absolute Gasteiger partial charge is 0.223 e. The Morgan fingerprint density at radius 3 is 2.88 bits per heavy atom. The highest BCUT2D eigenvalue weighted by Gasteiger charge is 2.28. The van der Waals surface area contributed by atoms with Crippen LogP contribution in [0.4, 0.5) is 0 Å². The van der Waals surface area contributed by atoms with Crippen LogP contribution in [0.15, 0.2) is 0 Å². The zero-order valence-electron chi connectivity index (χ0n) is 10.6. The van der Waals surface area contributed by atoms with Crippen molar-refractivity contribution in [3.05, 3.63) is 0 Å². The lowest BCUT2D eigenvalue weighted by atomic mass is 9.94. The maximum atomic E-state index is 11.7. The van der Waals surface area contributed by atoms with Crippen molar-refractivity contribution >= 4 is 5.91 Å². The summed E-state index contributed by atoms with van der Waals surface area (Å²) in [6.07, 6.45) is 0.575. The molecular formula is C12H24N2O2. The highest BCUT2D eigenvalue weighted by atomic mass is 16.5. The molecule has 1 heterocycles. The number of hydrogen-bond donors (Lipinski definition) is 1. The van der Waals surface area contributed by atoms with Crippen molar-refractivity contribution in [3.8, 4) is 0 Å². The van der Waals surface area contributed by atoms with Gasteiger partial charge in [-0.1, -0.05) is 20.8 Å². The van der Waals surface area contributed by atoms with Gasteiger partial charge in [-0.05, 0) is 11.8 Å². The van der Waals surface area contributed by atoms with Crippen molar-refractivity contribution in [1.82, 2.24) is 4.90 Å². The molecule has 1 amide bonds. The maximum absolute atomic E-state index is 11.7. The fraction of sp³-hybridized carbons (Fsp3) is 0.917. The van der Waals surface area contributed by atoms with E-state index in [9.17, 15) is 4.79 Å². The second-order valence-electron chi connectivity index (χ2n) is 5.15. The van der Waals surface area contributed by atoms with E-state index in [1.165, 1.54) is 0 Å². The van der Waals surface area contributed by atoms with Gasteiger partial charge in [0.2, 0.25) is 5.91 Å². The molecule has 0 saturated carbocycles. The summed E-state index contributed by atoms with van der Waals surface area (Å²) in [5, 5.41) is 0. The van der Waals surface area contributed by atoms with Crippen molar-refractivity contribution in [3.63, 3.8) is 0 Å². The maximum Gasteiger partial charge on any atom is 0.223 e. The Kier molecular flexibility index (Phi) is 5.22. The standard InChI is InChI=1S/C12H24N2O2/c1-9(2)8-16-5-4-14-7-11(13)10(3)6-12(14)15/h9-11H,4-8,13H2,1-3H3. The van der Waals surface area contributed by atoms with Gasteiger partial charge in [0.05, 0.1) is 6.61 Å². The number of rotatable bonds is 5. The van der Waals surface area contributed by atoms with Crippen molar-refractivity contribution in [2.24, 2.45) is 17.6 Å². The number of piperidine rings is 1. The van der Waals surface area contributed by atoms with Gasteiger partial charge in [-0.25, -0.2) is 0 Å². The molecule has 1 aliphatic heterocycles. The van der Waals surface area contributed by atoms with Gasteiger partial charge in [-0.3, -0.25) is 4.79 Å². The summed E-state index contributed by atoms with van der Waals surface area (Å²) in [7, 11) is 0. The van der Waals surface area contributed by atoms with Crippen LogP contribution in [-0.4, -0.2) is 43.2 Å². The summed E-state index contributed by atoms with van der Waals surface area (Å²) in [4.78, 5) is 13.5. The molecule has 2 atom stereocenters. The highest BCUT2D eigenvalue weighted by molar-refractivity contribution is 5.77. The monoisotopic (exact) mass is 228 g/mol. The SMILES string of the molecule is CC(C)COCCN1CC(N)C(C)CC1=O. The first kappa shape index (κ1) is 13.5. The first-order chi connectivity index (χ1) is 7.50. The van der Waals surface area contributed by atoms with E-state index in [0.717, 1.165) is 6.61 Å². The first-order valence-corrected chi connectivity index (χ1v) is 6.11. The van der Waals surface area contributed by atoms with Gasteiger partial charge in [0.15, 0.2) is 0 Å². The molecule has 0 bridgehead atoms. The van der Waals surface area contributed by atoms with Crippen molar-refractivity contribution in [2.75, 3.05) is 26.3 Å². The summed E-state index contributed by atoms with van der Waals surface area (Å²) in [5.41, 5.74) is 5.95. The minimum atomic E-state index is 0.114. The van der Waals surface area contributed by atoms with Gasteiger partial charge in [-0.15, -0.1) is 0 Å². The van der Waals surface area contributed by atoms with E-state index in [1.807, 2.05) is 11.8 Å². The third-order valence-electron chi connectivity index (χ3n) is 2.97. The van der Waals surface area contributed by atoms with Gasteiger partial charge in [0.1, 0.15) is 0 Å². The summed E-state index contributed by atoms with van der Waals surface area (Å²) < 4.78 is 5.47. The molecule has 2 unspecified atom stereocenters. The van der Waals surface area contributed by atoms with E-state index in [4.69, 9.17) is 10.5 Å². The number of ether oxygens (including phenoxy) is 1. The average molecular weight is 228 g/mol. The molecule has 2 N–H and O–H groups in total. The van der Waals surface area contributed by atoms with Gasteiger partial charge >= 0.3 is 0 Å². The van der Waals surface area contributed by atoms with Crippen LogP contribution in [0.25, 0.3) is 0 Å². The van der Waals surface area contributed by atoms with Crippen LogP contribution >= 0.6 is 0 Å². The van der Waals surface area contributed by atoms with E-state index in [0.29, 0.717) is 38.0 Å². The molecule has 0 aromatic rings. The molecule has 4 heteroatoms. The van der Waals surface area contributed by atoms with E-state index in [2.05, 4.69) is 13.8 Å². The second-order valence-corrected chi connectivity index (χ2v) is 5.15. The Morgan fingerprint density at radius 2 is 2.25 bits per heavy atom. The molecule has 0 aliphatic carbocycles. The fourth-order valence-corrected chi connectivity index (χ4v) is 1.80. The highest BCUT2D eigenvalue weighted by Crippen LogP contribution is 2.16. The van der Waals surface area contributed by atoms with Crippen molar-refractivity contribution < 1.29 is 9.53 Å². The lowest BCUT2D eigenvalue weighted by Crippen LogP contribution is -2.51. The topological polar surface area (TPSA) is 55.6 Å². The fourth-order valence-electron chi connectivity index (χ4n) is 1.80. The Hall–Kier alpha value is -0.610. The second kappa shape index (κ2) is 6.21. The van der Waals surface area contributed by atoms with E-state index < -0.39 is 0 Å². The molecule has 0 spiro atoms. The molecule has 4 nitrogen and oxygen atoms in total. The Bertz CT molecular complexity index is 231. The minimum absolute atomic E-state index is 0.114. The number of carbonyl (C=O) groups is 1. The zero-order valence-corrected chi connectivity index (χ0v) is 10.6. The summed E-state index contributed by atoms with van der Waals surface area (Å²) in [6.45, 7) is 8.98. The van der Waals surface area contributed by atoms with Gasteiger partial charge < -0.3 is 15.4 Å². The number of nitrogens with two attached hydrogens (primary N) is 1. The van der Waals surface area contributed by atoms with Crippen LogP contribution in [-0.2, 0) is 9.53 Å². The Labute approximate surface area is 98.1 Å². The number of carbonyl (C=O) groups excluding carboxylic acids is 1. The molecule has 1 aliphatic rings. The molecule has 0 radical (unpaired) electrons. The molecule has 94 valence electrons. The molecule has 1 fully saturated rings. The van der Waals surface area contributed by atoms with Crippen LogP contribution in [0, 0.1) is 11.8 Å². The van der Waals surface area contributed by atoms with Gasteiger partial charge in [0, 0.05) is 32.2 Å². The number of nitrogens with zero attached hydrogens (tertiary/aromatic N) is 1. The Morgan fingerprint density at radius 1 is 1.56 bits per heavy atom. The Balaban J connectivity index is 2.23. The molecule has 16 heavy (non-hydrogen) atoms. The van der Waals surface area contributed by atoms with Gasteiger partial charge in [-0.2, -0.15) is 0 Å². The average Bonchev–Trinajstić information content (AvgIpc) is 2.19. The lowest BCUT2D eigenvalue weighted by molar-refractivity contribution is -0.136. The number of likely N-dealkylation sites (tertiary alicyclic amines) is 1. The number of hydrogen-bond acceptors (Lipinski definition) is 3. The normalized spacial score (nSPS) is 26.6. The first-order valence-electron chi connectivity index (χ1n) is 6.11. The molecule has 0 aromatic heterocycles. The van der Waals surface area contributed by atoms with Crippen LogP contribution in [0.2, 0.25) is 0 Å².